The van der Waals surface area contributed by atoms with E-state index in [4.69, 9.17) is 9.47 Å². The minimum Gasteiger partial charge on any atom is -0.465 e. The molecule has 0 spiro atoms. The van der Waals surface area contributed by atoms with Crippen molar-refractivity contribution in [1.29, 1.82) is 0 Å². The molecule has 0 N–H and O–H groups in total. The van der Waals surface area contributed by atoms with Gasteiger partial charge in [0.05, 0.1) is 12.7 Å². The summed E-state index contributed by atoms with van der Waals surface area (Å²) in [5.41, 5.74) is 2.18. The van der Waals surface area contributed by atoms with Crippen LogP contribution in [0.3, 0.4) is 0 Å². The van der Waals surface area contributed by atoms with Crippen molar-refractivity contribution in [1.82, 2.24) is 15.1 Å². The summed E-state index contributed by atoms with van der Waals surface area (Å²) in [5.74, 6) is 1.17. The lowest BCUT2D eigenvalue weighted by molar-refractivity contribution is -0.128. The monoisotopic (exact) mass is 437 g/mol. The molecule has 4 rings (SSSR count). The van der Waals surface area contributed by atoms with E-state index in [2.05, 4.69) is 17.1 Å². The molecule has 1 amide bonds. The number of carbonyl (C=O) groups is 2. The number of aromatic nitrogens is 2. The normalized spacial score (nSPS) is 15.9. The summed E-state index contributed by atoms with van der Waals surface area (Å²) in [4.78, 5) is 26.1. The van der Waals surface area contributed by atoms with Gasteiger partial charge >= 0.3 is 5.97 Å². The first-order valence-corrected chi connectivity index (χ1v) is 10.8. The van der Waals surface area contributed by atoms with E-state index >= 15 is 0 Å². The SMILES string of the molecule is COC(=O)c1ccc(CN2C[C@@H](C)CC2=O)c(Oc2ccc(-c3nnc(C)s3)cc2)c1. The van der Waals surface area contributed by atoms with Gasteiger partial charge in [0.15, 0.2) is 0 Å². The Bertz CT molecular complexity index is 1110. The predicted molar refractivity (Wildman–Crippen MR) is 117 cm³/mol. The quantitative estimate of drug-likeness (QED) is 0.530. The van der Waals surface area contributed by atoms with E-state index in [1.165, 1.54) is 18.4 Å². The molecule has 1 saturated heterocycles. The molecule has 160 valence electrons. The molecule has 0 saturated carbocycles. The maximum atomic E-state index is 12.3. The van der Waals surface area contributed by atoms with Gasteiger partial charge in [0.1, 0.15) is 21.5 Å². The number of aryl methyl sites for hydroxylation is 1. The highest BCUT2D eigenvalue weighted by Crippen LogP contribution is 2.32. The van der Waals surface area contributed by atoms with Crippen LogP contribution in [0.1, 0.15) is 34.3 Å². The molecule has 0 unspecified atom stereocenters. The molecule has 1 fully saturated rings. The van der Waals surface area contributed by atoms with Gasteiger partial charge < -0.3 is 14.4 Å². The first kappa shape index (κ1) is 21.0. The number of esters is 1. The maximum Gasteiger partial charge on any atom is 0.337 e. The van der Waals surface area contributed by atoms with E-state index in [1.54, 1.807) is 12.1 Å². The number of methoxy groups -OCH3 is 1. The van der Waals surface area contributed by atoms with Crippen LogP contribution >= 0.6 is 11.3 Å². The second-order valence-electron chi connectivity index (χ2n) is 7.65. The topological polar surface area (TPSA) is 81.6 Å². The first-order chi connectivity index (χ1) is 14.9. The van der Waals surface area contributed by atoms with Crippen LogP contribution in [-0.4, -0.2) is 40.6 Å². The van der Waals surface area contributed by atoms with Crippen molar-refractivity contribution in [2.75, 3.05) is 13.7 Å². The van der Waals surface area contributed by atoms with Crippen molar-refractivity contribution in [3.8, 4) is 22.1 Å². The number of nitrogens with zero attached hydrogens (tertiary/aromatic N) is 3. The second kappa shape index (κ2) is 8.85. The van der Waals surface area contributed by atoms with Gasteiger partial charge in [-0.3, -0.25) is 4.79 Å². The Kier molecular flexibility index (Phi) is 5.99. The first-order valence-electron chi connectivity index (χ1n) is 10.0. The molecule has 7 nitrogen and oxygen atoms in total. The Labute approximate surface area is 184 Å². The molecule has 2 heterocycles. The number of hydrogen-bond donors (Lipinski definition) is 0. The molecule has 2 aromatic carbocycles. The number of amides is 1. The minimum absolute atomic E-state index is 0.132. The van der Waals surface area contributed by atoms with E-state index in [1.807, 2.05) is 42.2 Å². The molecule has 3 aromatic rings. The van der Waals surface area contributed by atoms with Crippen LogP contribution in [0, 0.1) is 12.8 Å². The van der Waals surface area contributed by atoms with Gasteiger partial charge in [-0.15, -0.1) is 10.2 Å². The summed E-state index contributed by atoms with van der Waals surface area (Å²) in [7, 11) is 1.34. The van der Waals surface area contributed by atoms with Gasteiger partial charge in [0, 0.05) is 30.6 Å². The smallest absolute Gasteiger partial charge is 0.337 e. The van der Waals surface area contributed by atoms with Crippen LogP contribution in [0.5, 0.6) is 11.5 Å². The van der Waals surface area contributed by atoms with Crippen molar-refractivity contribution >= 4 is 23.2 Å². The van der Waals surface area contributed by atoms with E-state index in [0.717, 1.165) is 21.1 Å². The zero-order valence-corrected chi connectivity index (χ0v) is 18.4. The van der Waals surface area contributed by atoms with Crippen LogP contribution in [0.15, 0.2) is 42.5 Å². The van der Waals surface area contributed by atoms with E-state index in [0.29, 0.717) is 42.5 Å². The standard InChI is InChI=1S/C23H23N3O4S/c1-14-10-21(27)26(12-14)13-18-5-4-17(23(28)29-3)11-20(18)30-19-8-6-16(7-9-19)22-25-24-15(2)31-22/h4-9,11,14H,10,12-13H2,1-3H3/t14-/m0/s1. The fraction of sp³-hybridized carbons (Fsp3) is 0.304. The van der Waals surface area contributed by atoms with Crippen LogP contribution in [0.2, 0.25) is 0 Å². The highest BCUT2D eigenvalue weighted by atomic mass is 32.1. The Morgan fingerprint density at radius 3 is 2.58 bits per heavy atom. The molecule has 1 aromatic heterocycles. The summed E-state index contributed by atoms with van der Waals surface area (Å²) >= 11 is 1.53. The zero-order chi connectivity index (χ0) is 22.0. The van der Waals surface area contributed by atoms with Gasteiger partial charge in [0.2, 0.25) is 5.91 Å². The Hall–Kier alpha value is -3.26. The maximum absolute atomic E-state index is 12.3. The van der Waals surface area contributed by atoms with Gasteiger partial charge in [0.25, 0.3) is 0 Å². The fourth-order valence-corrected chi connectivity index (χ4v) is 4.26. The van der Waals surface area contributed by atoms with E-state index in [9.17, 15) is 9.59 Å². The highest BCUT2D eigenvalue weighted by molar-refractivity contribution is 7.14. The molecular weight excluding hydrogens is 414 g/mol. The molecule has 1 atom stereocenters. The Balaban J connectivity index is 1.60. The van der Waals surface area contributed by atoms with Crippen molar-refractivity contribution in [2.45, 2.75) is 26.8 Å². The Morgan fingerprint density at radius 1 is 1.19 bits per heavy atom. The van der Waals surface area contributed by atoms with Gasteiger partial charge in [-0.25, -0.2) is 4.79 Å². The highest BCUT2D eigenvalue weighted by Gasteiger charge is 2.27. The van der Waals surface area contributed by atoms with Crippen molar-refractivity contribution in [3.05, 3.63) is 58.6 Å². The summed E-state index contributed by atoms with van der Waals surface area (Å²) in [6.45, 7) is 5.13. The number of rotatable bonds is 6. The van der Waals surface area contributed by atoms with Crippen molar-refractivity contribution < 1.29 is 19.1 Å². The zero-order valence-electron chi connectivity index (χ0n) is 17.6. The van der Waals surface area contributed by atoms with Crippen molar-refractivity contribution in [3.63, 3.8) is 0 Å². The molecule has 1 aliphatic heterocycles. The molecule has 0 radical (unpaired) electrons. The summed E-state index contributed by atoms with van der Waals surface area (Å²) in [5, 5.41) is 9.97. The summed E-state index contributed by atoms with van der Waals surface area (Å²) in [6.07, 6.45) is 0.559. The summed E-state index contributed by atoms with van der Waals surface area (Å²) < 4.78 is 11.0. The number of carbonyl (C=O) groups excluding carboxylic acids is 2. The average molecular weight is 438 g/mol. The second-order valence-corrected chi connectivity index (χ2v) is 8.83. The molecule has 31 heavy (non-hydrogen) atoms. The number of ether oxygens (including phenoxy) is 2. The molecular formula is C23H23N3O4S. The number of hydrogen-bond acceptors (Lipinski definition) is 7. The van der Waals surface area contributed by atoms with Crippen LogP contribution < -0.4 is 4.74 Å². The largest absolute Gasteiger partial charge is 0.465 e. The van der Waals surface area contributed by atoms with Crippen molar-refractivity contribution in [2.24, 2.45) is 5.92 Å². The van der Waals surface area contributed by atoms with E-state index < -0.39 is 5.97 Å². The van der Waals surface area contributed by atoms with Crippen LogP contribution in [0.25, 0.3) is 10.6 Å². The lowest BCUT2D eigenvalue weighted by Gasteiger charge is -2.19. The van der Waals surface area contributed by atoms with Crippen LogP contribution in [-0.2, 0) is 16.1 Å². The molecule has 1 aliphatic rings. The third-order valence-corrected chi connectivity index (χ3v) is 6.00. The molecule has 8 heteroatoms. The summed E-state index contributed by atoms with van der Waals surface area (Å²) in [6, 6.07) is 12.7. The number of benzene rings is 2. The average Bonchev–Trinajstić information content (AvgIpc) is 3.33. The fourth-order valence-electron chi connectivity index (χ4n) is 3.56. The predicted octanol–water partition coefficient (Wildman–Crippen LogP) is 4.46. The third-order valence-electron chi connectivity index (χ3n) is 5.11. The molecule has 0 bridgehead atoms. The third kappa shape index (κ3) is 4.74. The van der Waals surface area contributed by atoms with E-state index in [-0.39, 0.29) is 5.91 Å². The lowest BCUT2D eigenvalue weighted by atomic mass is 10.1. The van der Waals surface area contributed by atoms with Gasteiger partial charge in [-0.05, 0) is 49.2 Å². The molecule has 0 aliphatic carbocycles. The lowest BCUT2D eigenvalue weighted by Crippen LogP contribution is -2.24. The van der Waals surface area contributed by atoms with Gasteiger partial charge in [-0.2, -0.15) is 0 Å². The van der Waals surface area contributed by atoms with Crippen LogP contribution in [0.4, 0.5) is 0 Å². The van der Waals surface area contributed by atoms with Gasteiger partial charge in [-0.1, -0.05) is 24.3 Å². The Morgan fingerprint density at radius 2 is 1.97 bits per heavy atom. The minimum atomic E-state index is -0.441. The number of likely N-dealkylation sites (tertiary alicyclic amines) is 1.